The normalized spacial score (nSPS) is 12.6. The molecule has 0 radical (unpaired) electrons. The van der Waals surface area contributed by atoms with Crippen LogP contribution in [-0.2, 0) is 40.1 Å². The van der Waals surface area contributed by atoms with Crippen molar-refractivity contribution in [3.8, 4) is 5.75 Å². The molecule has 0 aromatic heterocycles. The van der Waals surface area contributed by atoms with Crippen LogP contribution in [0.25, 0.3) is 0 Å². The first kappa shape index (κ1) is 47.8. The molecule has 57 heavy (non-hydrogen) atoms. The molecule has 0 aliphatic carbocycles. The Morgan fingerprint density at radius 1 is 0.807 bits per heavy atom. The highest BCUT2D eigenvalue weighted by molar-refractivity contribution is 5.98. The molecule has 316 valence electrons. The smallest absolute Gasteiger partial charge is 0.317 e. The SMILES string of the molecule is CC(=O)OCc1ccc(NC(=O)[C@H](CCCNC(N)=O)NC(=O)[C@@H](NC(=O)CCC(C)(C)OCCC(C)(C)C(=O)Oc2c(F)c(F)c(F)c(F)c2F)C(C)C)cc1. The number of urea groups is 1. The molecule has 6 N–H and O–H groups in total. The number of benzene rings is 2. The number of rotatable bonds is 21. The van der Waals surface area contributed by atoms with E-state index in [0.29, 0.717) is 11.3 Å². The van der Waals surface area contributed by atoms with E-state index in [2.05, 4.69) is 26.0 Å². The summed E-state index contributed by atoms with van der Waals surface area (Å²) < 4.78 is 84.0. The second kappa shape index (κ2) is 21.3. The molecule has 0 bridgehead atoms. The van der Waals surface area contributed by atoms with Crippen LogP contribution in [0.1, 0.15) is 86.1 Å². The topological polar surface area (TPSA) is 204 Å². The van der Waals surface area contributed by atoms with Crippen LogP contribution in [0, 0.1) is 40.4 Å². The molecule has 0 aliphatic heterocycles. The van der Waals surface area contributed by atoms with Crippen molar-refractivity contribution < 1.29 is 64.9 Å². The lowest BCUT2D eigenvalue weighted by atomic mass is 9.89. The minimum absolute atomic E-state index is 0.0449. The molecule has 0 saturated carbocycles. The molecule has 2 rings (SSSR count). The Labute approximate surface area is 327 Å². The van der Waals surface area contributed by atoms with Gasteiger partial charge in [-0.15, -0.1) is 0 Å². The maximum Gasteiger partial charge on any atom is 0.317 e. The third-order valence-corrected chi connectivity index (χ3v) is 8.62. The van der Waals surface area contributed by atoms with E-state index >= 15 is 0 Å². The largest absolute Gasteiger partial charge is 0.461 e. The van der Waals surface area contributed by atoms with Crippen molar-refractivity contribution in [2.75, 3.05) is 18.5 Å². The molecule has 2 aromatic rings. The maximum atomic E-state index is 14.0. The quantitative estimate of drug-likeness (QED) is 0.0285. The summed E-state index contributed by atoms with van der Waals surface area (Å²) in [5.74, 6) is -17.1. The van der Waals surface area contributed by atoms with Crippen molar-refractivity contribution >= 4 is 41.4 Å². The number of hydrogen-bond acceptors (Lipinski definition) is 9. The summed E-state index contributed by atoms with van der Waals surface area (Å²) in [6, 6.07) is 3.57. The van der Waals surface area contributed by atoms with Crippen LogP contribution in [0.2, 0.25) is 0 Å². The number of halogens is 5. The van der Waals surface area contributed by atoms with Crippen molar-refractivity contribution in [1.82, 2.24) is 16.0 Å². The molecule has 19 heteroatoms. The number of nitrogens with two attached hydrogens (primary N) is 1. The Hall–Kier alpha value is -5.33. The zero-order chi connectivity index (χ0) is 43.2. The van der Waals surface area contributed by atoms with Crippen molar-refractivity contribution in [2.24, 2.45) is 17.1 Å². The fourth-order valence-electron chi connectivity index (χ4n) is 5.00. The lowest BCUT2D eigenvalue weighted by molar-refractivity contribution is -0.146. The van der Waals surface area contributed by atoms with Crippen LogP contribution in [0.15, 0.2) is 24.3 Å². The van der Waals surface area contributed by atoms with Gasteiger partial charge in [-0.3, -0.25) is 24.0 Å². The Kier molecular flexibility index (Phi) is 17.8. The molecule has 0 unspecified atom stereocenters. The van der Waals surface area contributed by atoms with Crippen LogP contribution in [0.4, 0.5) is 32.4 Å². The number of ether oxygens (including phenoxy) is 3. The highest BCUT2D eigenvalue weighted by Gasteiger charge is 2.35. The van der Waals surface area contributed by atoms with Gasteiger partial charge in [0.2, 0.25) is 52.6 Å². The fourth-order valence-corrected chi connectivity index (χ4v) is 5.00. The van der Waals surface area contributed by atoms with Gasteiger partial charge in [0, 0.05) is 32.2 Å². The van der Waals surface area contributed by atoms with Gasteiger partial charge in [0.15, 0.2) is 0 Å². The number of primary amides is 1. The Morgan fingerprint density at radius 3 is 1.93 bits per heavy atom. The van der Waals surface area contributed by atoms with Crippen molar-refractivity contribution in [2.45, 2.75) is 105 Å². The molecule has 5 amide bonds. The first-order valence-corrected chi connectivity index (χ1v) is 18.0. The van der Waals surface area contributed by atoms with E-state index in [1.54, 1.807) is 52.0 Å². The van der Waals surface area contributed by atoms with E-state index in [4.69, 9.17) is 15.2 Å². The molecule has 2 aromatic carbocycles. The molecule has 0 spiro atoms. The van der Waals surface area contributed by atoms with Crippen molar-refractivity contribution in [1.29, 1.82) is 0 Å². The van der Waals surface area contributed by atoms with Gasteiger partial charge in [0.1, 0.15) is 18.7 Å². The molecule has 0 aliphatic rings. The highest BCUT2D eigenvalue weighted by Crippen LogP contribution is 2.32. The molecule has 2 atom stereocenters. The third-order valence-electron chi connectivity index (χ3n) is 8.62. The first-order valence-electron chi connectivity index (χ1n) is 18.0. The minimum Gasteiger partial charge on any atom is -0.461 e. The van der Waals surface area contributed by atoms with E-state index < -0.39 is 99.5 Å². The van der Waals surface area contributed by atoms with Gasteiger partial charge in [-0.1, -0.05) is 26.0 Å². The monoisotopic (exact) mass is 815 g/mol. The standard InChI is InChI=1S/C38H50F5N5O9/c1-20(2)31(34(52)47-24(9-8-17-45-36(44)54)33(51)46-23-12-10-22(11-13-23)19-55-21(3)49)48-25(50)14-15-38(6,7)56-18-16-37(4,5)35(53)57-32-29(42)27(40)26(39)28(41)30(32)43/h10-13,20,24,31H,8-9,14-19H2,1-7H3,(H,46,51)(H,47,52)(H,48,50)(H3,44,45,54)/t24-,31-/m0/s1. The van der Waals surface area contributed by atoms with Gasteiger partial charge < -0.3 is 41.2 Å². The summed E-state index contributed by atoms with van der Waals surface area (Å²) in [7, 11) is 0. The first-order chi connectivity index (χ1) is 26.4. The molecular weight excluding hydrogens is 765 g/mol. The van der Waals surface area contributed by atoms with Crippen LogP contribution < -0.4 is 31.7 Å². The van der Waals surface area contributed by atoms with E-state index in [0.717, 1.165) is 0 Å². The molecule has 0 saturated heterocycles. The second-order valence-electron chi connectivity index (χ2n) is 14.8. The number of carbonyl (C=O) groups is 6. The van der Waals surface area contributed by atoms with E-state index in [1.165, 1.54) is 20.8 Å². The number of esters is 2. The maximum absolute atomic E-state index is 14.0. The van der Waals surface area contributed by atoms with Gasteiger partial charge >= 0.3 is 18.0 Å². The predicted molar refractivity (Wildman–Crippen MR) is 196 cm³/mol. The lowest BCUT2D eigenvalue weighted by Gasteiger charge is -2.29. The summed E-state index contributed by atoms with van der Waals surface area (Å²) in [6.45, 7) is 10.6. The van der Waals surface area contributed by atoms with Gasteiger partial charge in [-0.2, -0.15) is 8.78 Å². The average molecular weight is 816 g/mol. The Balaban J connectivity index is 2.00. The van der Waals surface area contributed by atoms with Gasteiger partial charge in [0.25, 0.3) is 0 Å². The number of amides is 5. The summed E-state index contributed by atoms with van der Waals surface area (Å²) in [4.78, 5) is 74.8. The summed E-state index contributed by atoms with van der Waals surface area (Å²) in [5.41, 5.74) is 3.72. The minimum atomic E-state index is -2.40. The number of hydrogen-bond donors (Lipinski definition) is 5. The third kappa shape index (κ3) is 15.3. The van der Waals surface area contributed by atoms with Crippen molar-refractivity contribution in [3.05, 3.63) is 58.9 Å². The predicted octanol–water partition coefficient (Wildman–Crippen LogP) is 5.06. The van der Waals surface area contributed by atoms with Gasteiger partial charge in [0.05, 0.1) is 11.0 Å². The lowest BCUT2D eigenvalue weighted by Crippen LogP contribution is -2.54. The Bertz CT molecular complexity index is 1750. The van der Waals surface area contributed by atoms with Gasteiger partial charge in [-0.05, 0) is 77.0 Å². The molecule has 0 fully saturated rings. The number of nitrogens with one attached hydrogen (secondary N) is 4. The number of anilines is 1. The summed E-state index contributed by atoms with van der Waals surface area (Å²) in [5, 5.41) is 10.5. The van der Waals surface area contributed by atoms with E-state index in [-0.39, 0.29) is 51.9 Å². The Morgan fingerprint density at radius 2 is 1.39 bits per heavy atom. The fraction of sp³-hybridized carbons (Fsp3) is 0.526. The molecule has 0 heterocycles. The molecule has 14 nitrogen and oxygen atoms in total. The van der Waals surface area contributed by atoms with Crippen LogP contribution in [0.5, 0.6) is 5.75 Å². The number of carbonyl (C=O) groups excluding carboxylic acids is 6. The summed E-state index contributed by atoms with van der Waals surface area (Å²) >= 11 is 0. The van der Waals surface area contributed by atoms with E-state index in [9.17, 15) is 50.7 Å². The zero-order valence-electron chi connectivity index (χ0n) is 32.8. The van der Waals surface area contributed by atoms with E-state index in [1.807, 2.05) is 0 Å². The van der Waals surface area contributed by atoms with Crippen LogP contribution >= 0.6 is 0 Å². The molecular formula is C38H50F5N5O9. The second-order valence-corrected chi connectivity index (χ2v) is 14.8. The zero-order valence-corrected chi connectivity index (χ0v) is 32.8. The van der Waals surface area contributed by atoms with Gasteiger partial charge in [-0.25, -0.2) is 18.0 Å². The van der Waals surface area contributed by atoms with Crippen molar-refractivity contribution in [3.63, 3.8) is 0 Å². The average Bonchev–Trinajstić information content (AvgIpc) is 3.13. The highest BCUT2D eigenvalue weighted by atomic mass is 19.2. The summed E-state index contributed by atoms with van der Waals surface area (Å²) in [6.07, 6.45) is 0.253. The van der Waals surface area contributed by atoms with Crippen LogP contribution in [0.3, 0.4) is 0 Å². The van der Waals surface area contributed by atoms with Crippen LogP contribution in [-0.4, -0.2) is 66.5 Å².